The predicted molar refractivity (Wildman–Crippen MR) is 46.8 cm³/mol. The summed E-state index contributed by atoms with van der Waals surface area (Å²) in [6, 6.07) is 0. The number of oxime groups is 1. The second-order valence-corrected chi connectivity index (χ2v) is 4.09. The summed E-state index contributed by atoms with van der Waals surface area (Å²) < 4.78 is 0. The van der Waals surface area contributed by atoms with Gasteiger partial charge in [0.25, 0.3) is 0 Å². The van der Waals surface area contributed by atoms with Gasteiger partial charge in [-0.3, -0.25) is 4.79 Å². The molecule has 3 atom stereocenters. The summed E-state index contributed by atoms with van der Waals surface area (Å²) in [5.41, 5.74) is 0. The molecule has 0 aromatic carbocycles. The van der Waals surface area contributed by atoms with Crippen LogP contribution in [0.2, 0.25) is 0 Å². The molecule has 0 spiro atoms. The molecule has 3 unspecified atom stereocenters. The minimum absolute atomic E-state index is 0.141. The number of hydrogen-bond donors (Lipinski definition) is 2. The molecule has 0 saturated carbocycles. The van der Waals surface area contributed by atoms with Gasteiger partial charge in [-0.05, 0) is 11.7 Å². The third-order valence-electron chi connectivity index (χ3n) is 2.03. The average molecular weight is 189 g/mol. The van der Waals surface area contributed by atoms with Crippen LogP contribution >= 0.6 is 11.8 Å². The van der Waals surface area contributed by atoms with Crippen molar-refractivity contribution in [1.29, 1.82) is 0 Å². The number of rotatable bonds is 2. The van der Waals surface area contributed by atoms with Crippen LogP contribution in [0, 0.1) is 11.8 Å². The van der Waals surface area contributed by atoms with Crippen molar-refractivity contribution in [2.75, 3.05) is 5.75 Å². The van der Waals surface area contributed by atoms with Crippen LogP contribution in [0.3, 0.4) is 0 Å². The third kappa shape index (κ3) is 1.72. The van der Waals surface area contributed by atoms with Gasteiger partial charge in [0, 0.05) is 12.1 Å². The molecule has 0 bridgehead atoms. The van der Waals surface area contributed by atoms with Crippen molar-refractivity contribution in [1.82, 2.24) is 0 Å². The fraction of sp³-hybridized carbons (Fsp3) is 0.714. The second-order valence-electron chi connectivity index (χ2n) is 2.91. The van der Waals surface area contributed by atoms with E-state index in [1.807, 2.05) is 6.92 Å². The Morgan fingerprint density at radius 1 is 1.75 bits per heavy atom. The summed E-state index contributed by atoms with van der Waals surface area (Å²) in [7, 11) is 0. The van der Waals surface area contributed by atoms with E-state index in [2.05, 4.69) is 5.16 Å². The Morgan fingerprint density at radius 3 is 2.92 bits per heavy atom. The zero-order chi connectivity index (χ0) is 9.14. The summed E-state index contributed by atoms with van der Waals surface area (Å²) in [5, 5.41) is 19.5. The molecule has 1 aliphatic heterocycles. The summed E-state index contributed by atoms with van der Waals surface area (Å²) in [6.45, 7) is 1.96. The molecule has 0 amide bonds. The van der Waals surface area contributed by atoms with Gasteiger partial charge in [0.2, 0.25) is 0 Å². The molecule has 1 aliphatic rings. The van der Waals surface area contributed by atoms with Gasteiger partial charge in [0.05, 0.1) is 0 Å². The maximum atomic E-state index is 10.7. The quantitative estimate of drug-likeness (QED) is 0.384. The first kappa shape index (κ1) is 9.38. The number of hydrogen-bond acceptors (Lipinski definition) is 4. The van der Waals surface area contributed by atoms with Crippen molar-refractivity contribution < 1.29 is 15.1 Å². The van der Waals surface area contributed by atoms with Crippen LogP contribution in [-0.2, 0) is 4.79 Å². The highest BCUT2D eigenvalue weighted by molar-refractivity contribution is 8.00. The number of aliphatic carboxylic acids is 1. The van der Waals surface area contributed by atoms with Gasteiger partial charge in [-0.15, -0.1) is 16.9 Å². The molecule has 5 heteroatoms. The Morgan fingerprint density at radius 2 is 2.42 bits per heavy atom. The minimum Gasteiger partial charge on any atom is -0.480 e. The molecule has 0 aliphatic carbocycles. The zero-order valence-electron chi connectivity index (χ0n) is 6.67. The van der Waals surface area contributed by atoms with E-state index in [-0.39, 0.29) is 11.8 Å². The van der Waals surface area contributed by atoms with Gasteiger partial charge in [0.1, 0.15) is 5.25 Å². The fourth-order valence-electron chi connectivity index (χ4n) is 1.31. The molecular formula is C7H11NO3S. The number of carboxylic acids is 1. The predicted octanol–water partition coefficient (Wildman–Crippen LogP) is 0.899. The van der Waals surface area contributed by atoms with Gasteiger partial charge in [0.15, 0.2) is 0 Å². The number of carbonyl (C=O) groups is 1. The molecule has 1 fully saturated rings. The molecule has 12 heavy (non-hydrogen) atoms. The van der Waals surface area contributed by atoms with E-state index in [1.54, 1.807) is 0 Å². The Balaban J connectivity index is 2.70. The Bertz CT molecular complexity index is 207. The molecule has 1 rings (SSSR count). The Labute approximate surface area is 74.6 Å². The monoisotopic (exact) mass is 189 g/mol. The van der Waals surface area contributed by atoms with Gasteiger partial charge in [-0.2, -0.15) is 0 Å². The van der Waals surface area contributed by atoms with Crippen LogP contribution in [0.15, 0.2) is 5.16 Å². The molecule has 2 N–H and O–H groups in total. The van der Waals surface area contributed by atoms with Crippen LogP contribution in [0.25, 0.3) is 0 Å². The first-order chi connectivity index (χ1) is 5.66. The molecule has 1 saturated heterocycles. The minimum atomic E-state index is -0.825. The lowest BCUT2D eigenvalue weighted by Crippen LogP contribution is -2.26. The maximum Gasteiger partial charge on any atom is 0.317 e. The first-order valence-corrected chi connectivity index (χ1v) is 4.73. The van der Waals surface area contributed by atoms with Crippen LogP contribution in [0.1, 0.15) is 6.92 Å². The summed E-state index contributed by atoms with van der Waals surface area (Å²) in [5.74, 6) is 0.118. The van der Waals surface area contributed by atoms with Gasteiger partial charge in [-0.25, -0.2) is 0 Å². The normalized spacial score (nSPS) is 35.9. The van der Waals surface area contributed by atoms with E-state index < -0.39 is 11.2 Å². The Hall–Kier alpha value is -0.710. The van der Waals surface area contributed by atoms with Gasteiger partial charge >= 0.3 is 5.97 Å². The highest BCUT2D eigenvalue weighted by atomic mass is 32.2. The standard InChI is InChI=1S/C7H11NO3S/c1-4-3-12-6(7(9)10)5(4)2-8-11/h2,4-6,11H,3H2,1H3,(H,9,10)/b8-2-. The van der Waals surface area contributed by atoms with Crippen molar-refractivity contribution >= 4 is 23.9 Å². The van der Waals surface area contributed by atoms with Crippen LogP contribution < -0.4 is 0 Å². The number of nitrogens with zero attached hydrogens (tertiary/aromatic N) is 1. The molecule has 0 aromatic rings. The molecule has 1 heterocycles. The zero-order valence-corrected chi connectivity index (χ0v) is 7.49. The summed E-state index contributed by atoms with van der Waals surface area (Å²) >= 11 is 1.40. The first-order valence-electron chi connectivity index (χ1n) is 3.68. The van der Waals surface area contributed by atoms with E-state index >= 15 is 0 Å². The maximum absolute atomic E-state index is 10.7. The van der Waals surface area contributed by atoms with E-state index in [4.69, 9.17) is 10.3 Å². The second kappa shape index (κ2) is 3.80. The van der Waals surface area contributed by atoms with Crippen molar-refractivity contribution in [3.63, 3.8) is 0 Å². The summed E-state index contributed by atoms with van der Waals surface area (Å²) in [4.78, 5) is 10.7. The lowest BCUT2D eigenvalue weighted by molar-refractivity contribution is -0.136. The average Bonchev–Trinajstić information content (AvgIpc) is 2.34. The van der Waals surface area contributed by atoms with E-state index in [0.29, 0.717) is 0 Å². The fourth-order valence-corrected chi connectivity index (χ4v) is 2.75. The topological polar surface area (TPSA) is 69.9 Å². The highest BCUT2D eigenvalue weighted by Crippen LogP contribution is 2.35. The number of thioether (sulfide) groups is 1. The molecule has 4 nitrogen and oxygen atoms in total. The largest absolute Gasteiger partial charge is 0.480 e. The SMILES string of the molecule is CC1CSC(C(=O)O)C1/C=N\O. The molecular weight excluding hydrogens is 178 g/mol. The molecule has 68 valence electrons. The van der Waals surface area contributed by atoms with Crippen molar-refractivity contribution in [3.8, 4) is 0 Å². The molecule has 0 aromatic heterocycles. The van der Waals surface area contributed by atoms with E-state index in [0.717, 1.165) is 5.75 Å². The van der Waals surface area contributed by atoms with Gasteiger partial charge < -0.3 is 10.3 Å². The highest BCUT2D eigenvalue weighted by Gasteiger charge is 2.37. The van der Waals surface area contributed by atoms with Crippen molar-refractivity contribution in [2.24, 2.45) is 17.0 Å². The van der Waals surface area contributed by atoms with Crippen LogP contribution in [0.4, 0.5) is 0 Å². The third-order valence-corrected chi connectivity index (χ3v) is 3.62. The lowest BCUT2D eigenvalue weighted by atomic mass is 9.94. The lowest BCUT2D eigenvalue weighted by Gasteiger charge is -2.11. The van der Waals surface area contributed by atoms with E-state index in [9.17, 15) is 4.79 Å². The summed E-state index contributed by atoms with van der Waals surface area (Å²) in [6.07, 6.45) is 1.32. The van der Waals surface area contributed by atoms with Crippen molar-refractivity contribution in [2.45, 2.75) is 12.2 Å². The van der Waals surface area contributed by atoms with E-state index in [1.165, 1.54) is 18.0 Å². The smallest absolute Gasteiger partial charge is 0.317 e. The van der Waals surface area contributed by atoms with Crippen LogP contribution in [0.5, 0.6) is 0 Å². The van der Waals surface area contributed by atoms with Gasteiger partial charge in [-0.1, -0.05) is 6.92 Å². The molecule has 0 radical (unpaired) electrons. The van der Waals surface area contributed by atoms with Crippen molar-refractivity contribution in [3.05, 3.63) is 0 Å². The number of carboxylic acid groups (broad SMARTS) is 1. The van der Waals surface area contributed by atoms with Crippen LogP contribution in [-0.4, -0.2) is 33.5 Å². The Kier molecular flexibility index (Phi) is 2.97.